The molecule has 3 rings (SSSR count). The summed E-state index contributed by atoms with van der Waals surface area (Å²) in [5, 5.41) is 8.42. The minimum absolute atomic E-state index is 0.210. The maximum absolute atomic E-state index is 12.4. The van der Waals surface area contributed by atoms with Crippen LogP contribution in [0.1, 0.15) is 16.8 Å². The number of aryl methyl sites for hydroxylation is 1. The third-order valence-corrected chi connectivity index (χ3v) is 4.39. The molecule has 1 atom stereocenters. The number of hydrogen-bond donors (Lipinski definition) is 1. The van der Waals surface area contributed by atoms with Crippen LogP contribution >= 0.6 is 0 Å². The van der Waals surface area contributed by atoms with Crippen molar-refractivity contribution in [2.45, 2.75) is 25.1 Å². The summed E-state index contributed by atoms with van der Waals surface area (Å²) in [6.07, 6.45) is 0.255. The van der Waals surface area contributed by atoms with Crippen LogP contribution in [0.5, 0.6) is 0 Å². The number of rotatable bonds is 7. The molecule has 0 aliphatic rings. The summed E-state index contributed by atoms with van der Waals surface area (Å²) >= 11 is 0. The van der Waals surface area contributed by atoms with E-state index in [1.807, 2.05) is 0 Å². The van der Waals surface area contributed by atoms with Gasteiger partial charge < -0.3 is 10.5 Å². The first-order chi connectivity index (χ1) is 14.6. The van der Waals surface area contributed by atoms with Crippen LogP contribution in [-0.4, -0.2) is 44.4 Å². The average Bonchev–Trinajstić information content (AvgIpc) is 3.13. The molecular formula is C20H20F3N5O3. The lowest BCUT2D eigenvalue weighted by Gasteiger charge is -2.15. The Morgan fingerprint density at radius 1 is 1.26 bits per heavy atom. The summed E-state index contributed by atoms with van der Waals surface area (Å²) < 4.78 is 45.0. The topological polar surface area (TPSA) is 105 Å². The van der Waals surface area contributed by atoms with E-state index < -0.39 is 24.8 Å². The van der Waals surface area contributed by atoms with E-state index >= 15 is 0 Å². The molecule has 0 saturated carbocycles. The maximum Gasteiger partial charge on any atom is 0.406 e. The summed E-state index contributed by atoms with van der Waals surface area (Å²) in [5.74, 6) is -0.825. The molecule has 0 aliphatic carbocycles. The van der Waals surface area contributed by atoms with Crippen LogP contribution in [0.15, 0.2) is 53.7 Å². The second-order valence-electron chi connectivity index (χ2n) is 6.95. The van der Waals surface area contributed by atoms with Gasteiger partial charge in [-0.05, 0) is 11.1 Å². The molecule has 2 heterocycles. The molecule has 1 aromatic carbocycles. The number of ether oxygens (including phenoxy) is 1. The molecule has 0 bridgehead atoms. The first kappa shape index (κ1) is 22.2. The third kappa shape index (κ3) is 6.01. The summed E-state index contributed by atoms with van der Waals surface area (Å²) in [4.78, 5) is 24.1. The molecule has 2 N–H and O–H groups in total. The van der Waals surface area contributed by atoms with Gasteiger partial charge in [0.1, 0.15) is 24.0 Å². The molecule has 0 fully saturated rings. The van der Waals surface area contributed by atoms with Crippen molar-refractivity contribution in [3.63, 3.8) is 0 Å². The standard InChI is InChI=1S/C20H20F3N5O3/c1-27-11-15(10-25-27)28-6-5-17(29)16(26-28)8-13-3-2-4-14(7-13)9-19(30)31-12-18(24)20(21,22)23/h2-7,10-11,18H,8-9,12,24H2,1H3. The van der Waals surface area contributed by atoms with Crippen molar-refractivity contribution in [1.29, 1.82) is 0 Å². The molecule has 31 heavy (non-hydrogen) atoms. The highest BCUT2D eigenvalue weighted by molar-refractivity contribution is 5.72. The van der Waals surface area contributed by atoms with E-state index in [-0.39, 0.29) is 18.3 Å². The van der Waals surface area contributed by atoms with Crippen LogP contribution in [0.3, 0.4) is 0 Å². The van der Waals surface area contributed by atoms with Crippen molar-refractivity contribution >= 4 is 5.97 Å². The van der Waals surface area contributed by atoms with Gasteiger partial charge in [-0.3, -0.25) is 14.3 Å². The van der Waals surface area contributed by atoms with Gasteiger partial charge in [0, 0.05) is 25.7 Å². The lowest BCUT2D eigenvalue weighted by atomic mass is 10.0. The molecule has 0 spiro atoms. The van der Waals surface area contributed by atoms with Gasteiger partial charge in [0.25, 0.3) is 0 Å². The zero-order valence-corrected chi connectivity index (χ0v) is 16.5. The van der Waals surface area contributed by atoms with Gasteiger partial charge in [-0.2, -0.15) is 23.4 Å². The van der Waals surface area contributed by atoms with Crippen molar-refractivity contribution in [3.05, 3.63) is 76.0 Å². The molecule has 1 unspecified atom stereocenters. The Labute approximate surface area is 175 Å². The monoisotopic (exact) mass is 435 g/mol. The SMILES string of the molecule is Cn1cc(-n2ccc(=O)c(Cc3cccc(CC(=O)OCC(N)C(F)(F)F)c3)n2)cn1. The fraction of sp³-hybridized carbons (Fsp3) is 0.300. The predicted octanol–water partition coefficient (Wildman–Crippen LogP) is 1.53. The molecule has 0 aliphatic heterocycles. The highest BCUT2D eigenvalue weighted by Crippen LogP contribution is 2.18. The zero-order valence-electron chi connectivity index (χ0n) is 16.5. The van der Waals surface area contributed by atoms with E-state index in [0.29, 0.717) is 22.5 Å². The van der Waals surface area contributed by atoms with Gasteiger partial charge in [0.15, 0.2) is 0 Å². The summed E-state index contributed by atoms with van der Waals surface area (Å²) in [6, 6.07) is 5.93. The van der Waals surface area contributed by atoms with Crippen LogP contribution in [0.2, 0.25) is 0 Å². The Hall–Kier alpha value is -3.47. The normalized spacial score (nSPS) is 12.5. The molecule has 0 saturated heterocycles. The van der Waals surface area contributed by atoms with Crippen LogP contribution < -0.4 is 11.2 Å². The van der Waals surface area contributed by atoms with Crippen molar-refractivity contribution in [1.82, 2.24) is 19.6 Å². The van der Waals surface area contributed by atoms with Gasteiger partial charge >= 0.3 is 12.1 Å². The zero-order chi connectivity index (χ0) is 22.6. The number of carbonyl (C=O) groups is 1. The number of benzene rings is 1. The molecule has 3 aromatic rings. The van der Waals surface area contributed by atoms with E-state index in [9.17, 15) is 22.8 Å². The molecular weight excluding hydrogens is 415 g/mol. The number of hydrogen-bond acceptors (Lipinski definition) is 6. The van der Waals surface area contributed by atoms with E-state index in [1.54, 1.807) is 54.6 Å². The Morgan fingerprint density at radius 3 is 2.68 bits per heavy atom. The van der Waals surface area contributed by atoms with E-state index in [2.05, 4.69) is 14.9 Å². The van der Waals surface area contributed by atoms with Crippen molar-refractivity contribution < 1.29 is 22.7 Å². The number of halogens is 3. The second-order valence-corrected chi connectivity index (χ2v) is 6.95. The predicted molar refractivity (Wildman–Crippen MR) is 105 cm³/mol. The Balaban J connectivity index is 1.68. The Kier molecular flexibility index (Phi) is 6.54. The number of carbonyl (C=O) groups excluding carboxylic acids is 1. The summed E-state index contributed by atoms with van der Waals surface area (Å²) in [5.41, 5.74) is 6.92. The number of nitrogens with two attached hydrogens (primary N) is 1. The fourth-order valence-electron chi connectivity index (χ4n) is 2.78. The lowest BCUT2D eigenvalue weighted by molar-refractivity contribution is -0.167. The molecule has 11 heteroatoms. The van der Waals surface area contributed by atoms with Gasteiger partial charge in [0.2, 0.25) is 5.43 Å². The van der Waals surface area contributed by atoms with Crippen LogP contribution in [0.4, 0.5) is 13.2 Å². The minimum atomic E-state index is -4.63. The van der Waals surface area contributed by atoms with Gasteiger partial charge in [-0.1, -0.05) is 24.3 Å². The number of aromatic nitrogens is 4. The highest BCUT2D eigenvalue weighted by Gasteiger charge is 2.37. The third-order valence-electron chi connectivity index (χ3n) is 4.39. The van der Waals surface area contributed by atoms with Crippen molar-refractivity contribution in [2.75, 3.05) is 6.61 Å². The Bertz CT molecular complexity index is 1120. The van der Waals surface area contributed by atoms with E-state index in [0.717, 1.165) is 0 Å². The van der Waals surface area contributed by atoms with Crippen LogP contribution in [0.25, 0.3) is 5.69 Å². The first-order valence-corrected chi connectivity index (χ1v) is 9.25. The van der Waals surface area contributed by atoms with Crippen molar-refractivity contribution in [2.24, 2.45) is 12.8 Å². The van der Waals surface area contributed by atoms with Gasteiger partial charge in [0.05, 0.1) is 18.8 Å². The lowest BCUT2D eigenvalue weighted by Crippen LogP contribution is -2.41. The largest absolute Gasteiger partial charge is 0.463 e. The molecule has 2 aromatic heterocycles. The molecule has 164 valence electrons. The second kappa shape index (κ2) is 9.13. The summed E-state index contributed by atoms with van der Waals surface area (Å²) in [7, 11) is 1.76. The van der Waals surface area contributed by atoms with Crippen LogP contribution in [0, 0.1) is 0 Å². The fourth-order valence-corrected chi connectivity index (χ4v) is 2.78. The Morgan fingerprint density at radius 2 is 2.00 bits per heavy atom. The molecule has 0 amide bonds. The molecule has 0 radical (unpaired) electrons. The van der Waals surface area contributed by atoms with Crippen LogP contribution in [-0.2, 0) is 29.4 Å². The van der Waals surface area contributed by atoms with Gasteiger partial charge in [-0.25, -0.2) is 4.68 Å². The smallest absolute Gasteiger partial charge is 0.406 e. The van der Waals surface area contributed by atoms with E-state index in [1.165, 1.54) is 10.7 Å². The van der Waals surface area contributed by atoms with Crippen molar-refractivity contribution in [3.8, 4) is 5.69 Å². The van der Waals surface area contributed by atoms with Gasteiger partial charge in [-0.15, -0.1) is 0 Å². The number of nitrogens with zero attached hydrogens (tertiary/aromatic N) is 4. The number of esters is 1. The number of alkyl halides is 3. The highest BCUT2D eigenvalue weighted by atomic mass is 19.4. The summed E-state index contributed by atoms with van der Waals surface area (Å²) in [6.45, 7) is -0.941. The van der Waals surface area contributed by atoms with E-state index in [4.69, 9.17) is 5.73 Å². The minimum Gasteiger partial charge on any atom is -0.463 e. The quantitative estimate of drug-likeness (QED) is 0.565. The molecule has 8 nitrogen and oxygen atoms in total. The average molecular weight is 435 g/mol. The maximum atomic E-state index is 12.4. The first-order valence-electron chi connectivity index (χ1n) is 9.25.